The van der Waals surface area contributed by atoms with Gasteiger partial charge in [0.2, 0.25) is 0 Å². The van der Waals surface area contributed by atoms with Gasteiger partial charge in [0.25, 0.3) is 0 Å². The summed E-state index contributed by atoms with van der Waals surface area (Å²) >= 11 is 2.00. The van der Waals surface area contributed by atoms with Crippen LogP contribution in [0.3, 0.4) is 0 Å². The molecular formula is C13H13FIN3O2. The molecule has 7 heteroatoms. The van der Waals surface area contributed by atoms with Crippen molar-refractivity contribution in [1.29, 1.82) is 0 Å². The van der Waals surface area contributed by atoms with Gasteiger partial charge >= 0.3 is 5.97 Å². The number of alkyl halides is 1. The van der Waals surface area contributed by atoms with E-state index in [1.165, 1.54) is 0 Å². The van der Waals surface area contributed by atoms with Crippen molar-refractivity contribution in [2.24, 2.45) is 0 Å². The molecule has 0 aliphatic heterocycles. The topological polar surface area (TPSA) is 57.0 Å². The van der Waals surface area contributed by atoms with E-state index < -0.39 is 12.6 Å². The van der Waals surface area contributed by atoms with Crippen molar-refractivity contribution in [3.63, 3.8) is 0 Å². The van der Waals surface area contributed by atoms with Crippen LogP contribution in [0.2, 0.25) is 0 Å². The molecular weight excluding hydrogens is 376 g/mol. The summed E-state index contributed by atoms with van der Waals surface area (Å²) in [6.07, 6.45) is 3.21. The number of aromatic nitrogens is 3. The maximum atomic E-state index is 12.6. The van der Waals surface area contributed by atoms with Crippen LogP contribution in [0.1, 0.15) is 17.3 Å². The molecule has 2 rings (SSSR count). The number of aryl methyl sites for hydroxylation is 1. The summed E-state index contributed by atoms with van der Waals surface area (Å²) in [5.74, 6) is -0.421. The maximum Gasteiger partial charge on any atom is 0.339 e. The van der Waals surface area contributed by atoms with Crippen LogP contribution < -0.4 is 0 Å². The van der Waals surface area contributed by atoms with E-state index in [0.717, 1.165) is 0 Å². The Balaban J connectivity index is 2.42. The van der Waals surface area contributed by atoms with E-state index in [0.29, 0.717) is 27.4 Å². The SMILES string of the molecule is CCOC(=O)c1cc(-c2ccnc(I)n2)n(CCF)c1. The molecule has 0 saturated heterocycles. The van der Waals surface area contributed by atoms with Crippen LogP contribution in [0, 0.1) is 3.83 Å². The predicted molar refractivity (Wildman–Crippen MR) is 80.1 cm³/mol. The molecule has 0 spiro atoms. The minimum atomic E-state index is -0.522. The van der Waals surface area contributed by atoms with Gasteiger partial charge in [-0.25, -0.2) is 19.2 Å². The molecule has 5 nitrogen and oxygen atoms in total. The lowest BCUT2D eigenvalue weighted by Crippen LogP contribution is -2.04. The lowest BCUT2D eigenvalue weighted by molar-refractivity contribution is 0.0526. The van der Waals surface area contributed by atoms with E-state index in [-0.39, 0.29) is 6.54 Å². The Labute approximate surface area is 129 Å². The average Bonchev–Trinajstić information content (AvgIpc) is 2.84. The van der Waals surface area contributed by atoms with Crippen LogP contribution in [-0.4, -0.2) is 33.8 Å². The Morgan fingerprint density at radius 2 is 2.35 bits per heavy atom. The molecule has 0 unspecified atom stereocenters. The molecule has 0 radical (unpaired) electrons. The predicted octanol–water partition coefficient (Wildman–Crippen LogP) is 2.70. The summed E-state index contributed by atoms with van der Waals surface area (Å²) in [6, 6.07) is 3.38. The van der Waals surface area contributed by atoms with Gasteiger partial charge in [-0.2, -0.15) is 0 Å². The van der Waals surface area contributed by atoms with Crippen molar-refractivity contribution in [1.82, 2.24) is 14.5 Å². The fourth-order valence-corrected chi connectivity index (χ4v) is 2.23. The molecule has 2 heterocycles. The molecule has 0 aliphatic carbocycles. The first-order chi connectivity index (χ1) is 9.65. The molecule has 0 saturated carbocycles. The third-order valence-electron chi connectivity index (χ3n) is 2.62. The van der Waals surface area contributed by atoms with Crippen molar-refractivity contribution >= 4 is 28.6 Å². The molecule has 0 aliphatic rings. The molecule has 106 valence electrons. The molecule has 2 aromatic rings. The number of carbonyl (C=O) groups excluding carboxylic acids is 1. The smallest absolute Gasteiger partial charge is 0.339 e. The van der Waals surface area contributed by atoms with Gasteiger partial charge in [-0.15, -0.1) is 0 Å². The molecule has 0 aromatic carbocycles. The normalized spacial score (nSPS) is 10.6. The van der Waals surface area contributed by atoms with Gasteiger partial charge < -0.3 is 9.30 Å². The number of ether oxygens (including phenoxy) is 1. The lowest BCUT2D eigenvalue weighted by atomic mass is 10.2. The minimum absolute atomic E-state index is 0.162. The van der Waals surface area contributed by atoms with Crippen molar-refractivity contribution in [2.75, 3.05) is 13.3 Å². The highest BCUT2D eigenvalue weighted by Crippen LogP contribution is 2.21. The van der Waals surface area contributed by atoms with E-state index in [1.807, 2.05) is 22.6 Å². The van der Waals surface area contributed by atoms with Crippen LogP contribution in [-0.2, 0) is 11.3 Å². The fourth-order valence-electron chi connectivity index (χ4n) is 1.81. The second-order valence-electron chi connectivity index (χ2n) is 3.93. The van der Waals surface area contributed by atoms with Crippen LogP contribution in [0.15, 0.2) is 24.5 Å². The number of rotatable bonds is 5. The Kier molecular flexibility index (Phi) is 5.05. The van der Waals surface area contributed by atoms with E-state index in [1.54, 1.807) is 36.0 Å². The van der Waals surface area contributed by atoms with Gasteiger partial charge in [0.1, 0.15) is 6.67 Å². The minimum Gasteiger partial charge on any atom is -0.462 e. The summed E-state index contributed by atoms with van der Waals surface area (Å²) in [4.78, 5) is 20.0. The molecule has 20 heavy (non-hydrogen) atoms. The van der Waals surface area contributed by atoms with Crippen LogP contribution in [0.25, 0.3) is 11.4 Å². The Hall–Kier alpha value is -1.51. The Morgan fingerprint density at radius 1 is 1.55 bits per heavy atom. The van der Waals surface area contributed by atoms with Gasteiger partial charge in [-0.05, 0) is 19.1 Å². The van der Waals surface area contributed by atoms with Crippen LogP contribution in [0.5, 0.6) is 0 Å². The first-order valence-corrected chi connectivity index (χ1v) is 7.15. The zero-order chi connectivity index (χ0) is 14.5. The summed E-state index contributed by atoms with van der Waals surface area (Å²) in [7, 11) is 0. The van der Waals surface area contributed by atoms with Gasteiger partial charge in [0.15, 0.2) is 3.83 Å². The number of esters is 1. The molecule has 2 aromatic heterocycles. The summed E-state index contributed by atoms with van der Waals surface area (Å²) in [5, 5.41) is 0. The zero-order valence-corrected chi connectivity index (χ0v) is 13.0. The Morgan fingerprint density at radius 3 is 3.00 bits per heavy atom. The molecule has 0 fully saturated rings. The second kappa shape index (κ2) is 6.78. The summed E-state index contributed by atoms with van der Waals surface area (Å²) in [5.41, 5.74) is 1.71. The third-order valence-corrected chi connectivity index (χ3v) is 3.14. The standard InChI is InChI=1S/C13H13FIN3O2/c1-2-20-12(19)9-7-11(18(8-9)6-4-14)10-3-5-16-13(15)17-10/h3,5,7-8H,2,4,6H2,1H3. The second-order valence-corrected chi connectivity index (χ2v) is 4.89. The molecule has 0 bridgehead atoms. The van der Waals surface area contributed by atoms with E-state index in [2.05, 4.69) is 9.97 Å². The highest BCUT2D eigenvalue weighted by atomic mass is 127. The zero-order valence-electron chi connectivity index (χ0n) is 10.8. The van der Waals surface area contributed by atoms with E-state index in [4.69, 9.17) is 4.74 Å². The largest absolute Gasteiger partial charge is 0.462 e. The summed E-state index contributed by atoms with van der Waals surface area (Å²) < 4.78 is 19.8. The summed E-state index contributed by atoms with van der Waals surface area (Å²) in [6.45, 7) is 1.68. The molecule has 0 atom stereocenters. The molecule has 0 amide bonds. The number of hydrogen-bond donors (Lipinski definition) is 0. The quantitative estimate of drug-likeness (QED) is 0.448. The van der Waals surface area contributed by atoms with Crippen LogP contribution in [0.4, 0.5) is 4.39 Å². The van der Waals surface area contributed by atoms with Gasteiger partial charge in [-0.1, -0.05) is 0 Å². The van der Waals surface area contributed by atoms with Gasteiger partial charge in [-0.3, -0.25) is 0 Å². The van der Waals surface area contributed by atoms with Crippen LogP contribution >= 0.6 is 22.6 Å². The van der Waals surface area contributed by atoms with Crippen molar-refractivity contribution in [3.8, 4) is 11.4 Å². The highest BCUT2D eigenvalue weighted by Gasteiger charge is 2.15. The van der Waals surface area contributed by atoms with Crippen molar-refractivity contribution in [2.45, 2.75) is 13.5 Å². The van der Waals surface area contributed by atoms with E-state index >= 15 is 0 Å². The maximum absolute atomic E-state index is 12.6. The first-order valence-electron chi connectivity index (χ1n) is 6.08. The Bertz CT molecular complexity index is 615. The first kappa shape index (κ1) is 14.9. The monoisotopic (exact) mass is 389 g/mol. The van der Waals surface area contributed by atoms with Crippen molar-refractivity contribution < 1.29 is 13.9 Å². The number of nitrogens with zero attached hydrogens (tertiary/aromatic N) is 3. The fraction of sp³-hybridized carbons (Fsp3) is 0.308. The van der Waals surface area contributed by atoms with Crippen molar-refractivity contribution in [3.05, 3.63) is 33.9 Å². The third kappa shape index (κ3) is 3.33. The average molecular weight is 389 g/mol. The number of hydrogen-bond acceptors (Lipinski definition) is 4. The molecule has 0 N–H and O–H groups in total. The number of halogens is 2. The van der Waals surface area contributed by atoms with E-state index in [9.17, 15) is 9.18 Å². The van der Waals surface area contributed by atoms with Gasteiger partial charge in [0.05, 0.1) is 30.1 Å². The van der Waals surface area contributed by atoms with Gasteiger partial charge in [0, 0.05) is 35.0 Å². The number of carbonyl (C=O) groups is 1. The lowest BCUT2D eigenvalue weighted by Gasteiger charge is -2.05. The highest BCUT2D eigenvalue weighted by molar-refractivity contribution is 14.1.